The second-order valence-electron chi connectivity index (χ2n) is 11.1. The lowest BCUT2D eigenvalue weighted by atomic mass is 9.92. The van der Waals surface area contributed by atoms with Crippen LogP contribution >= 0.6 is 0 Å². The number of nitrogens with zero attached hydrogens (tertiary/aromatic N) is 8. The van der Waals surface area contributed by atoms with Crippen molar-refractivity contribution in [3.8, 4) is 11.6 Å². The number of carboxylic acids is 1. The van der Waals surface area contributed by atoms with Crippen LogP contribution in [0.2, 0.25) is 0 Å². The zero-order valence-corrected chi connectivity index (χ0v) is 23.1. The van der Waals surface area contributed by atoms with E-state index >= 15 is 0 Å². The van der Waals surface area contributed by atoms with Crippen LogP contribution in [0.25, 0.3) is 17.4 Å². The second kappa shape index (κ2) is 11.0. The smallest absolute Gasteiger partial charge is 0.306 e. The Balaban J connectivity index is 1.05. The number of aliphatic hydroxyl groups is 1. The van der Waals surface area contributed by atoms with Gasteiger partial charge in [-0.15, -0.1) is 5.10 Å². The normalized spacial score (nSPS) is 19.9. The first-order valence-electron chi connectivity index (χ1n) is 14.0. The van der Waals surface area contributed by atoms with Gasteiger partial charge in [0.05, 0.1) is 18.3 Å². The molecule has 216 valence electrons. The number of aromatic nitrogens is 5. The van der Waals surface area contributed by atoms with Crippen molar-refractivity contribution < 1.29 is 19.4 Å². The fourth-order valence-electron chi connectivity index (χ4n) is 5.82. The van der Waals surface area contributed by atoms with Crippen LogP contribution in [0.5, 0.6) is 0 Å². The molecule has 4 aromatic rings. The molecule has 4 N–H and O–H groups in total. The molecule has 2 atom stereocenters. The number of rotatable bonds is 8. The summed E-state index contributed by atoms with van der Waals surface area (Å²) < 4.78 is 6.85. The lowest BCUT2D eigenvalue weighted by molar-refractivity contribution is -0.142. The minimum Gasteiger partial charge on any atom is -0.481 e. The van der Waals surface area contributed by atoms with E-state index in [9.17, 15) is 9.90 Å². The van der Waals surface area contributed by atoms with Gasteiger partial charge < -0.3 is 30.2 Å². The number of piperazine rings is 1. The van der Waals surface area contributed by atoms with Gasteiger partial charge in [0.1, 0.15) is 0 Å². The number of aliphatic carboxylic acids is 1. The number of hydrogen-bond donors (Lipinski definition) is 3. The summed E-state index contributed by atoms with van der Waals surface area (Å²) in [6.07, 6.45) is 3.46. The summed E-state index contributed by atoms with van der Waals surface area (Å²) in [4.78, 5) is 31.8. The molecule has 13 nitrogen and oxygen atoms in total. The maximum atomic E-state index is 11.1. The minimum absolute atomic E-state index is 0.243. The number of anilines is 3. The van der Waals surface area contributed by atoms with E-state index in [1.54, 1.807) is 18.4 Å². The first kappa shape index (κ1) is 27.0. The molecule has 1 aromatic carbocycles. The molecule has 0 radical (unpaired) electrons. The standard InChI is InChI=1S/C28H35N9O4/c1-28(40,16-23(38)39)20-6-8-21(9-7-20)35-13-11-34(12-14-35)17-19-4-2-10-36(18-19)26-31-25(29)37-27(32-26)30-24(33-37)22-5-3-15-41-22/h3,5-9,15,19,40H,2,4,10-14,16-18H2,1H3,(H,38,39)(H2,29,30,31,32,33). The van der Waals surface area contributed by atoms with E-state index in [1.807, 2.05) is 24.3 Å². The number of piperidine rings is 1. The summed E-state index contributed by atoms with van der Waals surface area (Å²) in [5, 5.41) is 24.0. The lowest BCUT2D eigenvalue weighted by Gasteiger charge is -2.40. The van der Waals surface area contributed by atoms with E-state index < -0.39 is 11.6 Å². The molecular formula is C28H35N9O4. The zero-order valence-electron chi connectivity index (χ0n) is 23.1. The Kier molecular flexibility index (Phi) is 7.22. The Morgan fingerprint density at radius 2 is 1.85 bits per heavy atom. The van der Waals surface area contributed by atoms with Gasteiger partial charge in [-0.2, -0.15) is 19.5 Å². The number of carboxylic acid groups (broad SMARTS) is 1. The van der Waals surface area contributed by atoms with Gasteiger partial charge in [-0.3, -0.25) is 9.69 Å². The quantitative estimate of drug-likeness (QED) is 0.288. The number of nitrogen functional groups attached to an aromatic ring is 1. The Labute approximate surface area is 237 Å². The van der Waals surface area contributed by atoms with E-state index in [0.717, 1.165) is 64.3 Å². The van der Waals surface area contributed by atoms with Gasteiger partial charge in [-0.05, 0) is 55.5 Å². The van der Waals surface area contributed by atoms with Gasteiger partial charge in [0, 0.05) is 51.5 Å². The molecule has 0 spiro atoms. The third-order valence-corrected chi connectivity index (χ3v) is 8.00. The van der Waals surface area contributed by atoms with Gasteiger partial charge in [0.25, 0.3) is 5.78 Å². The topological polar surface area (TPSA) is 162 Å². The van der Waals surface area contributed by atoms with E-state index in [1.165, 1.54) is 11.4 Å². The van der Waals surface area contributed by atoms with Crippen molar-refractivity contribution >= 4 is 29.3 Å². The largest absolute Gasteiger partial charge is 0.481 e. The molecular weight excluding hydrogens is 526 g/mol. The van der Waals surface area contributed by atoms with Crippen LogP contribution in [0.1, 0.15) is 31.7 Å². The predicted octanol–water partition coefficient (Wildman–Crippen LogP) is 2.08. The van der Waals surface area contributed by atoms with Crippen molar-refractivity contribution in [1.82, 2.24) is 29.5 Å². The monoisotopic (exact) mass is 561 g/mol. The average Bonchev–Trinajstić information content (AvgIpc) is 3.64. The van der Waals surface area contributed by atoms with Crippen molar-refractivity contribution in [1.29, 1.82) is 0 Å². The van der Waals surface area contributed by atoms with Crippen LogP contribution < -0.4 is 15.5 Å². The summed E-state index contributed by atoms with van der Waals surface area (Å²) in [5.74, 6) is 1.66. The summed E-state index contributed by atoms with van der Waals surface area (Å²) >= 11 is 0. The third-order valence-electron chi connectivity index (χ3n) is 8.00. The molecule has 2 fully saturated rings. The average molecular weight is 562 g/mol. The first-order valence-corrected chi connectivity index (χ1v) is 14.0. The van der Waals surface area contributed by atoms with Crippen LogP contribution in [0.3, 0.4) is 0 Å². The van der Waals surface area contributed by atoms with Gasteiger partial charge in [0.15, 0.2) is 5.76 Å². The number of benzene rings is 1. The highest BCUT2D eigenvalue weighted by atomic mass is 16.4. The molecule has 0 bridgehead atoms. The van der Waals surface area contributed by atoms with Crippen LogP contribution in [-0.2, 0) is 10.4 Å². The number of furan rings is 1. The van der Waals surface area contributed by atoms with E-state index in [4.69, 9.17) is 15.3 Å². The molecule has 0 amide bonds. The molecule has 2 unspecified atom stereocenters. The third kappa shape index (κ3) is 5.81. The Hall–Kier alpha value is -4.23. The fraction of sp³-hybridized carbons (Fsp3) is 0.464. The van der Waals surface area contributed by atoms with Gasteiger partial charge in [0.2, 0.25) is 17.7 Å². The van der Waals surface area contributed by atoms with Gasteiger partial charge >= 0.3 is 5.97 Å². The number of nitrogens with two attached hydrogens (primary N) is 1. The van der Waals surface area contributed by atoms with Crippen molar-refractivity contribution in [2.75, 3.05) is 61.3 Å². The Morgan fingerprint density at radius 3 is 2.56 bits per heavy atom. The van der Waals surface area contributed by atoms with E-state index in [0.29, 0.717) is 34.8 Å². The number of fused-ring (bicyclic) bond motifs is 1. The molecule has 2 aliphatic rings. The molecule has 0 saturated carbocycles. The minimum atomic E-state index is -1.39. The van der Waals surface area contributed by atoms with Gasteiger partial charge in [-0.1, -0.05) is 12.1 Å². The molecule has 5 heterocycles. The maximum Gasteiger partial charge on any atom is 0.306 e. The van der Waals surface area contributed by atoms with Crippen molar-refractivity contribution in [3.05, 3.63) is 48.2 Å². The first-order chi connectivity index (χ1) is 19.7. The second-order valence-corrected chi connectivity index (χ2v) is 11.1. The predicted molar refractivity (Wildman–Crippen MR) is 153 cm³/mol. The van der Waals surface area contributed by atoms with Crippen molar-refractivity contribution in [2.45, 2.75) is 31.8 Å². The molecule has 13 heteroatoms. The summed E-state index contributed by atoms with van der Waals surface area (Å²) in [6.45, 7) is 7.99. The highest BCUT2D eigenvalue weighted by Gasteiger charge is 2.28. The van der Waals surface area contributed by atoms with Crippen LogP contribution in [0.4, 0.5) is 17.6 Å². The maximum absolute atomic E-state index is 11.1. The summed E-state index contributed by atoms with van der Waals surface area (Å²) in [5.41, 5.74) is 6.52. The van der Waals surface area contributed by atoms with Crippen molar-refractivity contribution in [3.63, 3.8) is 0 Å². The van der Waals surface area contributed by atoms with Crippen molar-refractivity contribution in [2.24, 2.45) is 5.92 Å². The van der Waals surface area contributed by atoms with E-state index in [-0.39, 0.29) is 12.4 Å². The summed E-state index contributed by atoms with van der Waals surface area (Å²) in [7, 11) is 0. The molecule has 0 aliphatic carbocycles. The molecule has 6 rings (SSSR count). The molecule has 2 aliphatic heterocycles. The Morgan fingerprint density at radius 1 is 1.07 bits per heavy atom. The molecule has 3 aromatic heterocycles. The number of carbonyl (C=O) groups is 1. The summed E-state index contributed by atoms with van der Waals surface area (Å²) in [6, 6.07) is 11.2. The van der Waals surface area contributed by atoms with Crippen LogP contribution in [-0.4, -0.2) is 91.5 Å². The van der Waals surface area contributed by atoms with Crippen LogP contribution in [0.15, 0.2) is 47.1 Å². The SMILES string of the molecule is CC(O)(CC(=O)O)c1ccc(N2CCN(CC3CCCN(c4nc(N)n5nc(-c6ccco6)nc5n4)C3)CC2)cc1. The lowest BCUT2D eigenvalue weighted by Crippen LogP contribution is -2.49. The highest BCUT2D eigenvalue weighted by molar-refractivity contribution is 5.68. The zero-order chi connectivity index (χ0) is 28.6. The van der Waals surface area contributed by atoms with E-state index in [2.05, 4.69) is 34.8 Å². The molecule has 2 saturated heterocycles. The highest BCUT2D eigenvalue weighted by Crippen LogP contribution is 2.28. The Bertz CT molecular complexity index is 1500. The molecule has 41 heavy (non-hydrogen) atoms. The fourth-order valence-corrected chi connectivity index (χ4v) is 5.82. The van der Waals surface area contributed by atoms with Crippen LogP contribution in [0, 0.1) is 5.92 Å². The van der Waals surface area contributed by atoms with Gasteiger partial charge in [-0.25, -0.2) is 0 Å². The number of hydrogen-bond acceptors (Lipinski definition) is 11.